The molecule has 0 amide bonds. The summed E-state index contributed by atoms with van der Waals surface area (Å²) < 4.78 is 40.4. The topological polar surface area (TPSA) is 78.8 Å². The Morgan fingerprint density at radius 1 is 1.25 bits per heavy atom. The fraction of sp³-hybridized carbons (Fsp3) is 0.444. The van der Waals surface area contributed by atoms with Crippen LogP contribution >= 0.6 is 11.3 Å². The highest BCUT2D eigenvalue weighted by Gasteiger charge is 2.31. The molecule has 10 heteroatoms. The predicted molar refractivity (Wildman–Crippen MR) is 102 cm³/mol. The van der Waals surface area contributed by atoms with E-state index in [1.807, 2.05) is 20.8 Å². The standard InChI is InChI=1S/C18H23F3N4O2S/c1-4-22-17(24-10-16-11(2)25-12(3)28-16)23-9-15(26)13-5-7-14(8-6-13)27-18(19,20)21/h5-8,15,26H,4,9-10H2,1-3H3,(H2,22,23,24). The number of halogens is 3. The number of aryl methyl sites for hydroxylation is 2. The zero-order chi connectivity index (χ0) is 20.7. The summed E-state index contributed by atoms with van der Waals surface area (Å²) in [6.07, 6.45) is -5.66. The van der Waals surface area contributed by atoms with Crippen molar-refractivity contribution in [3.63, 3.8) is 0 Å². The van der Waals surface area contributed by atoms with Crippen LogP contribution in [0.5, 0.6) is 5.75 Å². The van der Waals surface area contributed by atoms with Crippen molar-refractivity contribution in [3.8, 4) is 5.75 Å². The third-order valence-corrected chi connectivity index (χ3v) is 4.74. The number of aliphatic imine (C=N–C) groups is 1. The quantitative estimate of drug-likeness (QED) is 0.476. The van der Waals surface area contributed by atoms with E-state index >= 15 is 0 Å². The Kier molecular flexibility index (Phi) is 7.64. The van der Waals surface area contributed by atoms with Crippen molar-refractivity contribution in [2.45, 2.75) is 39.8 Å². The molecular formula is C18H23F3N4O2S. The maximum Gasteiger partial charge on any atom is 0.573 e. The SMILES string of the molecule is CCNC(=NCc1sc(C)nc1C)NCC(O)c1ccc(OC(F)(F)F)cc1. The van der Waals surface area contributed by atoms with Gasteiger partial charge in [-0.1, -0.05) is 12.1 Å². The summed E-state index contributed by atoms with van der Waals surface area (Å²) in [5.74, 6) is 0.200. The van der Waals surface area contributed by atoms with Gasteiger partial charge in [0.1, 0.15) is 5.75 Å². The number of benzene rings is 1. The van der Waals surface area contributed by atoms with Crippen molar-refractivity contribution in [3.05, 3.63) is 45.4 Å². The van der Waals surface area contributed by atoms with Gasteiger partial charge in [-0.05, 0) is 38.5 Å². The lowest BCUT2D eigenvalue weighted by molar-refractivity contribution is -0.274. The van der Waals surface area contributed by atoms with E-state index in [9.17, 15) is 18.3 Å². The van der Waals surface area contributed by atoms with E-state index < -0.39 is 12.5 Å². The monoisotopic (exact) mass is 416 g/mol. The van der Waals surface area contributed by atoms with Crippen LogP contribution in [0, 0.1) is 13.8 Å². The third-order valence-electron chi connectivity index (χ3n) is 3.69. The lowest BCUT2D eigenvalue weighted by Crippen LogP contribution is -2.39. The molecule has 3 N–H and O–H groups in total. The molecule has 0 aliphatic carbocycles. The average molecular weight is 416 g/mol. The molecule has 1 aromatic heterocycles. The number of aliphatic hydroxyl groups is 1. The van der Waals surface area contributed by atoms with Gasteiger partial charge in [-0.25, -0.2) is 9.98 Å². The Balaban J connectivity index is 1.94. The Hall–Kier alpha value is -2.33. The van der Waals surface area contributed by atoms with Crippen molar-refractivity contribution >= 4 is 17.3 Å². The molecule has 0 aliphatic rings. The van der Waals surface area contributed by atoms with Crippen LogP contribution in [0.2, 0.25) is 0 Å². The van der Waals surface area contributed by atoms with Gasteiger partial charge in [0, 0.05) is 18.0 Å². The van der Waals surface area contributed by atoms with Gasteiger partial charge >= 0.3 is 6.36 Å². The van der Waals surface area contributed by atoms with Gasteiger partial charge in [0.05, 0.1) is 23.4 Å². The number of nitrogens with zero attached hydrogens (tertiary/aromatic N) is 2. The summed E-state index contributed by atoms with van der Waals surface area (Å²) in [4.78, 5) is 9.92. The van der Waals surface area contributed by atoms with Crippen LogP contribution in [0.25, 0.3) is 0 Å². The van der Waals surface area contributed by atoms with E-state index in [0.717, 1.165) is 15.6 Å². The number of guanidine groups is 1. The van der Waals surface area contributed by atoms with Gasteiger partial charge in [-0.2, -0.15) is 0 Å². The fourth-order valence-corrected chi connectivity index (χ4v) is 3.28. The normalized spacial score (nSPS) is 13.3. The molecule has 1 heterocycles. The Bertz CT molecular complexity index is 791. The number of rotatable bonds is 7. The molecule has 2 rings (SSSR count). The first-order valence-electron chi connectivity index (χ1n) is 8.66. The number of hydrogen-bond donors (Lipinski definition) is 3. The van der Waals surface area contributed by atoms with Crippen LogP contribution in [0.3, 0.4) is 0 Å². The second-order valence-electron chi connectivity index (χ2n) is 5.95. The van der Waals surface area contributed by atoms with E-state index in [1.54, 1.807) is 11.3 Å². The number of aliphatic hydroxyl groups excluding tert-OH is 1. The Labute approximate surface area is 165 Å². The Morgan fingerprint density at radius 3 is 2.46 bits per heavy atom. The summed E-state index contributed by atoms with van der Waals surface area (Å²) in [6.45, 7) is 7.06. The van der Waals surface area contributed by atoms with Crippen LogP contribution < -0.4 is 15.4 Å². The molecule has 0 saturated heterocycles. The molecule has 1 atom stereocenters. The lowest BCUT2D eigenvalue weighted by Gasteiger charge is -2.16. The molecule has 6 nitrogen and oxygen atoms in total. The van der Waals surface area contributed by atoms with Crippen molar-refractivity contribution < 1.29 is 23.0 Å². The predicted octanol–water partition coefficient (Wildman–Crippen LogP) is 3.45. The first kappa shape index (κ1) is 22.0. The van der Waals surface area contributed by atoms with Gasteiger partial charge in [-0.3, -0.25) is 0 Å². The van der Waals surface area contributed by atoms with Crippen molar-refractivity contribution in [2.75, 3.05) is 13.1 Å². The summed E-state index contributed by atoms with van der Waals surface area (Å²) in [6, 6.07) is 5.11. The second kappa shape index (κ2) is 9.74. The molecule has 0 radical (unpaired) electrons. The van der Waals surface area contributed by atoms with E-state index in [0.29, 0.717) is 24.6 Å². The van der Waals surface area contributed by atoms with Crippen molar-refractivity contribution in [1.82, 2.24) is 15.6 Å². The third kappa shape index (κ3) is 7.01. The molecule has 1 aromatic carbocycles. The van der Waals surface area contributed by atoms with Crippen molar-refractivity contribution in [2.24, 2.45) is 4.99 Å². The van der Waals surface area contributed by atoms with Crippen LogP contribution in [-0.2, 0) is 6.54 Å². The van der Waals surface area contributed by atoms with Crippen LogP contribution in [0.15, 0.2) is 29.3 Å². The zero-order valence-electron chi connectivity index (χ0n) is 15.8. The van der Waals surface area contributed by atoms with E-state index in [4.69, 9.17) is 0 Å². The fourth-order valence-electron chi connectivity index (χ4n) is 2.42. The van der Waals surface area contributed by atoms with E-state index in [2.05, 4.69) is 25.3 Å². The average Bonchev–Trinajstić information content (AvgIpc) is 2.93. The molecule has 0 bridgehead atoms. The highest BCUT2D eigenvalue weighted by molar-refractivity contribution is 7.11. The second-order valence-corrected chi connectivity index (χ2v) is 7.24. The van der Waals surface area contributed by atoms with Gasteiger partial charge in [0.15, 0.2) is 5.96 Å². The molecule has 2 aromatic rings. The van der Waals surface area contributed by atoms with Gasteiger partial charge < -0.3 is 20.5 Å². The molecule has 0 fully saturated rings. The molecule has 154 valence electrons. The smallest absolute Gasteiger partial charge is 0.406 e. The maximum atomic E-state index is 12.2. The Morgan fingerprint density at radius 2 is 1.93 bits per heavy atom. The first-order valence-corrected chi connectivity index (χ1v) is 9.48. The minimum absolute atomic E-state index is 0.145. The minimum atomic E-state index is -4.74. The van der Waals surface area contributed by atoms with E-state index in [-0.39, 0.29) is 12.3 Å². The van der Waals surface area contributed by atoms with Crippen LogP contribution in [-0.4, -0.2) is 35.5 Å². The highest BCUT2D eigenvalue weighted by Crippen LogP contribution is 2.24. The van der Waals surface area contributed by atoms with Gasteiger partial charge in [-0.15, -0.1) is 24.5 Å². The number of alkyl halides is 3. The number of hydrogen-bond acceptors (Lipinski definition) is 5. The number of ether oxygens (including phenoxy) is 1. The molecule has 0 aliphatic heterocycles. The number of thiazole rings is 1. The zero-order valence-corrected chi connectivity index (χ0v) is 16.6. The maximum absolute atomic E-state index is 12.2. The summed E-state index contributed by atoms with van der Waals surface area (Å²) >= 11 is 1.59. The highest BCUT2D eigenvalue weighted by atomic mass is 32.1. The summed E-state index contributed by atoms with van der Waals surface area (Å²) in [5, 5.41) is 17.4. The van der Waals surface area contributed by atoms with Gasteiger partial charge in [0.25, 0.3) is 0 Å². The summed E-state index contributed by atoms with van der Waals surface area (Å²) in [7, 11) is 0. The van der Waals surface area contributed by atoms with Crippen LogP contribution in [0.1, 0.15) is 34.2 Å². The largest absolute Gasteiger partial charge is 0.573 e. The molecule has 0 saturated carbocycles. The molecule has 1 unspecified atom stereocenters. The summed E-state index contributed by atoms with van der Waals surface area (Å²) in [5.41, 5.74) is 1.41. The van der Waals surface area contributed by atoms with E-state index in [1.165, 1.54) is 24.3 Å². The number of aromatic nitrogens is 1. The molecular weight excluding hydrogens is 393 g/mol. The van der Waals surface area contributed by atoms with Crippen LogP contribution in [0.4, 0.5) is 13.2 Å². The molecule has 0 spiro atoms. The lowest BCUT2D eigenvalue weighted by atomic mass is 10.1. The first-order chi connectivity index (χ1) is 13.2. The van der Waals surface area contributed by atoms with Crippen molar-refractivity contribution in [1.29, 1.82) is 0 Å². The molecule has 28 heavy (non-hydrogen) atoms. The van der Waals surface area contributed by atoms with Gasteiger partial charge in [0.2, 0.25) is 0 Å². The number of nitrogens with one attached hydrogen (secondary N) is 2. The minimum Gasteiger partial charge on any atom is -0.406 e.